The number of rotatable bonds is 6. The van der Waals surface area contributed by atoms with Crippen LogP contribution in [0.5, 0.6) is 5.88 Å². The predicted octanol–water partition coefficient (Wildman–Crippen LogP) is 1.09. The van der Waals surface area contributed by atoms with Crippen molar-refractivity contribution >= 4 is 11.9 Å². The third-order valence-electron chi connectivity index (χ3n) is 4.59. The van der Waals surface area contributed by atoms with Gasteiger partial charge in [0.25, 0.3) is 5.65 Å². The van der Waals surface area contributed by atoms with Crippen LogP contribution in [0.25, 0.3) is 16.8 Å². The van der Waals surface area contributed by atoms with E-state index in [-0.39, 0.29) is 17.0 Å². The summed E-state index contributed by atoms with van der Waals surface area (Å²) in [5.74, 6) is -0.328. The first kappa shape index (κ1) is 19.1. The van der Waals surface area contributed by atoms with Crippen molar-refractivity contribution in [2.45, 2.75) is 19.3 Å². The zero-order valence-electron chi connectivity index (χ0n) is 15.8. The number of aromatic nitrogens is 2. The first-order valence-electron chi connectivity index (χ1n) is 9.42. The van der Waals surface area contributed by atoms with Crippen molar-refractivity contribution in [3.63, 3.8) is 0 Å². The fourth-order valence-corrected chi connectivity index (χ4v) is 3.22. The summed E-state index contributed by atoms with van der Waals surface area (Å²) in [5, 5.41) is 17.1. The lowest BCUT2D eigenvalue weighted by atomic mass is 10.1. The molecule has 29 heavy (non-hydrogen) atoms. The highest BCUT2D eigenvalue weighted by atomic mass is 16.8. The van der Waals surface area contributed by atoms with Gasteiger partial charge >= 0.3 is 5.56 Å². The molecule has 0 spiro atoms. The zero-order valence-corrected chi connectivity index (χ0v) is 15.8. The summed E-state index contributed by atoms with van der Waals surface area (Å²) >= 11 is 0. The summed E-state index contributed by atoms with van der Waals surface area (Å²) in [7, 11) is 0. The van der Waals surface area contributed by atoms with Gasteiger partial charge in [-0.3, -0.25) is 0 Å². The average Bonchev–Trinajstić information content (AvgIpc) is 2.77. The van der Waals surface area contributed by atoms with E-state index in [9.17, 15) is 9.90 Å². The molecule has 1 atom stereocenters. The second-order valence-corrected chi connectivity index (χ2v) is 6.49. The Morgan fingerprint density at radius 3 is 2.83 bits per heavy atom. The molecule has 1 fully saturated rings. The minimum absolute atomic E-state index is 0.148. The largest absolute Gasteiger partial charge is 0.842 e. The number of ether oxygens (including phenoxy) is 2. The number of nitrogens with zero attached hydrogens (tertiary/aromatic N) is 3. The van der Waals surface area contributed by atoms with Crippen LogP contribution < -0.4 is 15.2 Å². The molecule has 0 bridgehead atoms. The molecule has 0 saturated carbocycles. The molecule has 1 saturated heterocycles. The maximum Gasteiger partial charge on any atom is 0.349 e. The van der Waals surface area contributed by atoms with E-state index in [1.165, 1.54) is 4.40 Å². The van der Waals surface area contributed by atoms with Gasteiger partial charge in [0.15, 0.2) is 0 Å². The predicted molar refractivity (Wildman–Crippen MR) is 103 cm³/mol. The highest BCUT2D eigenvalue weighted by Crippen LogP contribution is 2.21. The van der Waals surface area contributed by atoms with E-state index < -0.39 is 6.29 Å². The third-order valence-corrected chi connectivity index (χ3v) is 4.59. The number of benzene rings is 1. The molecular weight excluding hydrogens is 374 g/mol. The molecular formula is C21H21N3O5. The fourth-order valence-electron chi connectivity index (χ4n) is 3.22. The van der Waals surface area contributed by atoms with Gasteiger partial charge in [0, 0.05) is 18.7 Å². The summed E-state index contributed by atoms with van der Waals surface area (Å²) in [4.78, 5) is 18.2. The van der Waals surface area contributed by atoms with Crippen LogP contribution in [-0.4, -0.2) is 36.7 Å². The van der Waals surface area contributed by atoms with Crippen molar-refractivity contribution in [2.75, 3.05) is 19.8 Å². The molecule has 1 aromatic carbocycles. The van der Waals surface area contributed by atoms with E-state index in [1.807, 2.05) is 6.07 Å². The summed E-state index contributed by atoms with van der Waals surface area (Å²) < 4.78 is 13.7. The average molecular weight is 395 g/mol. The number of hydrogen-bond donors (Lipinski definition) is 0. The van der Waals surface area contributed by atoms with Gasteiger partial charge in [0.1, 0.15) is 12.2 Å². The molecule has 150 valence electrons. The minimum atomic E-state index is -0.511. The first-order chi connectivity index (χ1) is 14.3. The van der Waals surface area contributed by atoms with Gasteiger partial charge in [-0.05, 0) is 11.6 Å². The second kappa shape index (κ2) is 8.85. The monoisotopic (exact) mass is 395 g/mol. The van der Waals surface area contributed by atoms with Crippen LogP contribution in [0, 0.1) is 0 Å². The van der Waals surface area contributed by atoms with Crippen molar-refractivity contribution in [1.82, 2.24) is 4.40 Å². The number of aryl methyl sites for hydroxylation is 1. The lowest BCUT2D eigenvalue weighted by Crippen LogP contribution is -2.44. The molecule has 1 aliphatic heterocycles. The summed E-state index contributed by atoms with van der Waals surface area (Å²) in [5.41, 5.74) is 0.941. The fraction of sp³-hybridized carbons (Fsp3) is 0.286. The van der Waals surface area contributed by atoms with E-state index in [0.717, 1.165) is 0 Å². The highest BCUT2D eigenvalue weighted by Gasteiger charge is 2.19. The molecule has 8 nitrogen and oxygen atoms in total. The molecule has 1 unspecified atom stereocenters. The quantitative estimate of drug-likeness (QED) is 0.354. The number of oxime groups is 1. The third kappa shape index (κ3) is 4.13. The molecule has 2 aromatic heterocycles. The lowest BCUT2D eigenvalue weighted by molar-refractivity contribution is -0.714. The Morgan fingerprint density at radius 1 is 1.21 bits per heavy atom. The van der Waals surface area contributed by atoms with E-state index in [4.69, 9.17) is 14.3 Å². The Hall–Kier alpha value is -3.23. The highest BCUT2D eigenvalue weighted by molar-refractivity contribution is 5.66. The van der Waals surface area contributed by atoms with Gasteiger partial charge in [0.05, 0.1) is 31.8 Å². The Kier molecular flexibility index (Phi) is 5.83. The topological polar surface area (TPSA) is 88.5 Å². The summed E-state index contributed by atoms with van der Waals surface area (Å²) in [6.07, 6.45) is 3.18. The lowest BCUT2D eigenvalue weighted by Gasteiger charge is -2.20. The summed E-state index contributed by atoms with van der Waals surface area (Å²) in [6, 6.07) is 14.3. The Labute approximate surface area is 167 Å². The molecule has 1 aliphatic rings. The maximum atomic E-state index is 13.2. The van der Waals surface area contributed by atoms with Gasteiger partial charge in [-0.1, -0.05) is 41.6 Å². The van der Waals surface area contributed by atoms with Gasteiger partial charge in [-0.15, -0.1) is 0 Å². The molecule has 0 amide bonds. The second-order valence-electron chi connectivity index (χ2n) is 6.49. The number of fused-ring (bicyclic) bond motifs is 1. The number of hydrogen-bond acceptors (Lipinski definition) is 6. The Balaban J connectivity index is 1.60. The van der Waals surface area contributed by atoms with Crippen LogP contribution in [0.2, 0.25) is 0 Å². The van der Waals surface area contributed by atoms with Crippen LogP contribution in [-0.2, 0) is 20.9 Å². The van der Waals surface area contributed by atoms with Crippen molar-refractivity contribution in [1.29, 1.82) is 0 Å². The van der Waals surface area contributed by atoms with Crippen LogP contribution in [0.4, 0.5) is 0 Å². The van der Waals surface area contributed by atoms with E-state index >= 15 is 0 Å². The van der Waals surface area contributed by atoms with Gasteiger partial charge in [-0.25, -0.2) is 9.36 Å². The minimum Gasteiger partial charge on any atom is -0.842 e. The Morgan fingerprint density at radius 2 is 2.03 bits per heavy atom. The van der Waals surface area contributed by atoms with Crippen LogP contribution in [0.3, 0.4) is 0 Å². The smallest absolute Gasteiger partial charge is 0.349 e. The van der Waals surface area contributed by atoms with Crippen molar-refractivity contribution in [3.8, 4) is 17.0 Å². The van der Waals surface area contributed by atoms with Gasteiger partial charge in [0.2, 0.25) is 6.29 Å². The van der Waals surface area contributed by atoms with E-state index in [2.05, 4.69) is 5.16 Å². The van der Waals surface area contributed by atoms with Crippen LogP contribution in [0.1, 0.15) is 6.42 Å². The van der Waals surface area contributed by atoms with Crippen molar-refractivity contribution < 1.29 is 24.0 Å². The molecule has 3 heterocycles. The van der Waals surface area contributed by atoms with E-state index in [0.29, 0.717) is 44.0 Å². The number of pyridine rings is 1. The van der Waals surface area contributed by atoms with Gasteiger partial charge < -0.3 is 19.4 Å². The molecule has 0 aliphatic carbocycles. The molecule has 3 aromatic rings. The first-order valence-corrected chi connectivity index (χ1v) is 9.42. The standard InChI is InChI=1S/C21H21N3O5/c25-20-19(16-7-2-1-3-8-16)21(26)24(17-9-4-5-11-23(17)20)12-6-10-22-29-18-15-27-13-14-28-18/h1-5,7-11,18H,6,12-15H2. The maximum absolute atomic E-state index is 13.2. The van der Waals surface area contributed by atoms with Crippen LogP contribution in [0.15, 0.2) is 64.7 Å². The zero-order chi connectivity index (χ0) is 20.1. The molecule has 8 heteroatoms. The van der Waals surface area contributed by atoms with Crippen molar-refractivity contribution in [2.24, 2.45) is 5.16 Å². The summed E-state index contributed by atoms with van der Waals surface area (Å²) in [6.45, 7) is 1.71. The van der Waals surface area contributed by atoms with Crippen LogP contribution >= 0.6 is 0 Å². The van der Waals surface area contributed by atoms with E-state index in [1.54, 1.807) is 59.4 Å². The molecule has 4 rings (SSSR count). The molecule has 0 radical (unpaired) electrons. The Bertz CT molecular complexity index is 1060. The van der Waals surface area contributed by atoms with Crippen molar-refractivity contribution in [3.05, 3.63) is 65.1 Å². The molecule has 0 N–H and O–H groups in total. The van der Waals surface area contributed by atoms with Gasteiger partial charge in [-0.2, -0.15) is 4.40 Å². The SMILES string of the molecule is O=c1c(-c2ccccc2)c([O-])[n+](CCC=NOC2COCCO2)c2ccccn12. The normalized spacial score (nSPS) is 17.0.